The molecule has 2 N–H and O–H groups in total. The van der Waals surface area contributed by atoms with Gasteiger partial charge in [0.1, 0.15) is 0 Å². The number of benzene rings is 1. The van der Waals surface area contributed by atoms with Gasteiger partial charge in [-0.3, -0.25) is 10.1 Å². The molecule has 0 unspecified atom stereocenters. The number of nitrogens with one attached hydrogen (secondary N) is 2. The number of nitrogens with zero attached hydrogens (tertiary/aromatic N) is 1. The summed E-state index contributed by atoms with van der Waals surface area (Å²) in [4.78, 5) is 21.2. The topological polar surface area (TPSA) is 84.3 Å². The van der Waals surface area contributed by atoms with Gasteiger partial charge in [-0.25, -0.2) is 4.79 Å². The van der Waals surface area contributed by atoms with Crippen molar-refractivity contribution in [1.29, 1.82) is 0 Å². The average Bonchev–Trinajstić information content (AvgIpc) is 2.16. The minimum Gasteiger partial charge on any atom is -0.336 e. The van der Waals surface area contributed by atoms with E-state index in [1.54, 1.807) is 0 Å². The Kier molecular flexibility index (Phi) is 3.82. The normalized spacial score (nSPS) is 9.94. The number of amides is 2. The van der Waals surface area contributed by atoms with Crippen molar-refractivity contribution in [3.05, 3.63) is 34.4 Å². The molecular formula is C10H13N3O3. The fourth-order valence-electron chi connectivity index (χ4n) is 1.10. The Morgan fingerprint density at radius 2 is 1.88 bits per heavy atom. The first-order valence-corrected chi connectivity index (χ1v) is 4.81. The van der Waals surface area contributed by atoms with Crippen molar-refractivity contribution < 1.29 is 9.72 Å². The van der Waals surface area contributed by atoms with E-state index in [-0.39, 0.29) is 17.8 Å². The van der Waals surface area contributed by atoms with Crippen molar-refractivity contribution in [2.24, 2.45) is 0 Å². The number of hydrogen-bond acceptors (Lipinski definition) is 3. The van der Waals surface area contributed by atoms with Gasteiger partial charge in [0.2, 0.25) is 0 Å². The zero-order valence-electron chi connectivity index (χ0n) is 9.06. The summed E-state index contributed by atoms with van der Waals surface area (Å²) in [5.41, 5.74) is 0.513. The van der Waals surface area contributed by atoms with Crippen LogP contribution in [0.3, 0.4) is 0 Å². The molecule has 0 bridgehead atoms. The number of nitro groups is 1. The second-order valence-electron chi connectivity index (χ2n) is 3.56. The Bertz CT molecular complexity index is 387. The third-order valence-corrected chi connectivity index (χ3v) is 1.76. The summed E-state index contributed by atoms with van der Waals surface area (Å²) in [6, 6.07) is 5.35. The van der Waals surface area contributed by atoms with Crippen LogP contribution < -0.4 is 10.6 Å². The number of hydrogen-bond donors (Lipinski definition) is 2. The summed E-state index contributed by atoms with van der Waals surface area (Å²) in [5, 5.41) is 15.6. The van der Waals surface area contributed by atoms with Crippen LogP contribution in [0.15, 0.2) is 24.3 Å². The summed E-state index contributed by atoms with van der Waals surface area (Å²) in [7, 11) is 0. The van der Waals surface area contributed by atoms with Crippen LogP contribution in [0.25, 0.3) is 0 Å². The Hall–Kier alpha value is -2.11. The molecule has 6 heteroatoms. The smallest absolute Gasteiger partial charge is 0.319 e. The van der Waals surface area contributed by atoms with Crippen LogP contribution in [-0.2, 0) is 0 Å². The molecule has 2 amide bonds. The molecule has 6 nitrogen and oxygen atoms in total. The Morgan fingerprint density at radius 1 is 1.31 bits per heavy atom. The summed E-state index contributed by atoms with van der Waals surface area (Å²) in [6.07, 6.45) is 0. The maximum Gasteiger partial charge on any atom is 0.319 e. The molecule has 0 atom stereocenters. The maximum absolute atomic E-state index is 11.3. The van der Waals surface area contributed by atoms with E-state index in [1.807, 2.05) is 13.8 Å². The Balaban J connectivity index is 2.62. The molecule has 1 aromatic rings. The molecule has 0 aromatic heterocycles. The molecule has 0 heterocycles. The van der Waals surface area contributed by atoms with Crippen molar-refractivity contribution in [3.8, 4) is 0 Å². The summed E-state index contributed by atoms with van der Waals surface area (Å²) >= 11 is 0. The van der Waals surface area contributed by atoms with Crippen LogP contribution in [0.1, 0.15) is 13.8 Å². The first-order valence-electron chi connectivity index (χ1n) is 4.81. The number of carbonyl (C=O) groups is 1. The third kappa shape index (κ3) is 3.56. The van der Waals surface area contributed by atoms with Crippen LogP contribution in [0, 0.1) is 10.1 Å². The Labute approximate surface area is 92.8 Å². The molecule has 0 saturated heterocycles. The highest BCUT2D eigenvalue weighted by Gasteiger charge is 2.06. The van der Waals surface area contributed by atoms with Gasteiger partial charge in [-0.1, -0.05) is 0 Å². The van der Waals surface area contributed by atoms with Crippen molar-refractivity contribution >= 4 is 17.4 Å². The standard InChI is InChI=1S/C10H13N3O3/c1-7(2)11-10(14)12-8-3-5-9(6-4-8)13(15)16/h3-7H,1-2H3,(H2,11,12,14). The molecule has 0 aliphatic rings. The highest BCUT2D eigenvalue weighted by atomic mass is 16.6. The van der Waals surface area contributed by atoms with E-state index in [4.69, 9.17) is 0 Å². The highest BCUT2D eigenvalue weighted by Crippen LogP contribution is 2.15. The molecule has 86 valence electrons. The van der Waals surface area contributed by atoms with Gasteiger partial charge < -0.3 is 10.6 Å². The fraction of sp³-hybridized carbons (Fsp3) is 0.300. The van der Waals surface area contributed by atoms with Crippen molar-refractivity contribution in [1.82, 2.24) is 5.32 Å². The molecule has 0 aliphatic carbocycles. The molecule has 1 rings (SSSR count). The van der Waals surface area contributed by atoms with Crippen LogP contribution >= 0.6 is 0 Å². The van der Waals surface area contributed by atoms with Gasteiger partial charge in [-0.15, -0.1) is 0 Å². The number of non-ortho nitro benzene ring substituents is 1. The lowest BCUT2D eigenvalue weighted by molar-refractivity contribution is -0.384. The van der Waals surface area contributed by atoms with Crippen LogP contribution in [0.4, 0.5) is 16.2 Å². The maximum atomic E-state index is 11.3. The summed E-state index contributed by atoms with van der Waals surface area (Å²) in [5.74, 6) is 0. The monoisotopic (exact) mass is 223 g/mol. The first-order chi connectivity index (χ1) is 7.49. The zero-order valence-corrected chi connectivity index (χ0v) is 9.06. The van der Waals surface area contributed by atoms with Gasteiger partial charge in [-0.2, -0.15) is 0 Å². The third-order valence-electron chi connectivity index (χ3n) is 1.76. The number of nitro benzene ring substituents is 1. The molecule has 0 spiro atoms. The molecule has 0 radical (unpaired) electrons. The van der Waals surface area contributed by atoms with Crippen molar-refractivity contribution in [3.63, 3.8) is 0 Å². The van der Waals surface area contributed by atoms with Gasteiger partial charge in [0.25, 0.3) is 5.69 Å². The highest BCUT2D eigenvalue weighted by molar-refractivity contribution is 5.89. The second-order valence-corrected chi connectivity index (χ2v) is 3.56. The molecule has 0 fully saturated rings. The van der Waals surface area contributed by atoms with E-state index in [1.165, 1.54) is 24.3 Å². The molecule has 1 aromatic carbocycles. The van der Waals surface area contributed by atoms with E-state index in [9.17, 15) is 14.9 Å². The van der Waals surface area contributed by atoms with E-state index < -0.39 is 4.92 Å². The van der Waals surface area contributed by atoms with Crippen LogP contribution in [0.2, 0.25) is 0 Å². The number of anilines is 1. The summed E-state index contributed by atoms with van der Waals surface area (Å²) in [6.45, 7) is 3.69. The van der Waals surface area contributed by atoms with E-state index >= 15 is 0 Å². The van der Waals surface area contributed by atoms with Crippen LogP contribution in [0.5, 0.6) is 0 Å². The van der Waals surface area contributed by atoms with Gasteiger partial charge in [0, 0.05) is 23.9 Å². The quantitative estimate of drug-likeness (QED) is 0.608. The molecule has 0 aliphatic heterocycles. The summed E-state index contributed by atoms with van der Waals surface area (Å²) < 4.78 is 0. The number of carbonyl (C=O) groups excluding carboxylic acids is 1. The van der Waals surface area contributed by atoms with E-state index in [0.717, 1.165) is 0 Å². The van der Waals surface area contributed by atoms with Gasteiger partial charge in [0.15, 0.2) is 0 Å². The van der Waals surface area contributed by atoms with Crippen LogP contribution in [-0.4, -0.2) is 17.0 Å². The van der Waals surface area contributed by atoms with Gasteiger partial charge in [0.05, 0.1) is 4.92 Å². The number of rotatable bonds is 3. The SMILES string of the molecule is CC(C)NC(=O)Nc1ccc([N+](=O)[O-])cc1. The molecule has 16 heavy (non-hydrogen) atoms. The van der Waals surface area contributed by atoms with Crippen molar-refractivity contribution in [2.45, 2.75) is 19.9 Å². The average molecular weight is 223 g/mol. The number of urea groups is 1. The van der Waals surface area contributed by atoms with E-state index in [2.05, 4.69) is 10.6 Å². The lowest BCUT2D eigenvalue weighted by Gasteiger charge is -2.09. The lowest BCUT2D eigenvalue weighted by Crippen LogP contribution is -2.34. The van der Waals surface area contributed by atoms with E-state index in [0.29, 0.717) is 5.69 Å². The van der Waals surface area contributed by atoms with Gasteiger partial charge >= 0.3 is 6.03 Å². The molecule has 0 saturated carbocycles. The predicted octanol–water partition coefficient (Wildman–Crippen LogP) is 2.12. The minimum atomic E-state index is -0.488. The largest absolute Gasteiger partial charge is 0.336 e. The fourth-order valence-corrected chi connectivity index (χ4v) is 1.10. The van der Waals surface area contributed by atoms with Gasteiger partial charge in [-0.05, 0) is 26.0 Å². The predicted molar refractivity (Wildman–Crippen MR) is 60.4 cm³/mol. The lowest BCUT2D eigenvalue weighted by atomic mass is 10.3. The zero-order chi connectivity index (χ0) is 12.1. The Morgan fingerprint density at radius 3 is 2.31 bits per heavy atom. The van der Waals surface area contributed by atoms with Crippen molar-refractivity contribution in [2.75, 3.05) is 5.32 Å². The second kappa shape index (κ2) is 5.11. The molecular weight excluding hydrogens is 210 g/mol. The first kappa shape index (κ1) is 12.0. The minimum absolute atomic E-state index is 0.00480.